The van der Waals surface area contributed by atoms with Crippen LogP contribution in [0.2, 0.25) is 0 Å². The van der Waals surface area contributed by atoms with Gasteiger partial charge in [-0.05, 0) is 49.7 Å². The number of carboxylic acids is 1. The number of aromatic nitrogens is 1. The van der Waals surface area contributed by atoms with E-state index in [9.17, 15) is 19.5 Å². The number of ether oxygens (including phenoxy) is 3. The third kappa shape index (κ3) is 4.02. The lowest BCUT2D eigenvalue weighted by atomic mass is 10.0. The molecule has 0 bridgehead atoms. The number of carbonyl (C=O) groups is 3. The maximum Gasteiger partial charge on any atom is 0.344 e. The van der Waals surface area contributed by atoms with Crippen LogP contribution >= 0.6 is 0 Å². The molecule has 0 aliphatic heterocycles. The number of fused-ring (bicyclic) bond motifs is 1. The van der Waals surface area contributed by atoms with Gasteiger partial charge in [0.05, 0.1) is 30.7 Å². The average molecular weight is 426 g/mol. The molecular formula is C22H22N2O7. The molecule has 2 heterocycles. The highest BCUT2D eigenvalue weighted by molar-refractivity contribution is 6.13. The van der Waals surface area contributed by atoms with Crippen molar-refractivity contribution in [3.8, 4) is 11.5 Å². The fourth-order valence-electron chi connectivity index (χ4n) is 3.38. The number of carbonyl (C=O) groups excluding carboxylic acids is 2. The monoisotopic (exact) mass is 426 g/mol. The van der Waals surface area contributed by atoms with E-state index in [-0.39, 0.29) is 40.3 Å². The van der Waals surface area contributed by atoms with Gasteiger partial charge in [0.25, 0.3) is 0 Å². The van der Waals surface area contributed by atoms with Crippen LogP contribution in [0.25, 0.3) is 5.52 Å². The van der Waals surface area contributed by atoms with E-state index < -0.39 is 24.3 Å². The van der Waals surface area contributed by atoms with Crippen LogP contribution < -0.4 is 15.2 Å². The van der Waals surface area contributed by atoms with Crippen molar-refractivity contribution in [1.29, 1.82) is 0 Å². The summed E-state index contributed by atoms with van der Waals surface area (Å²) < 4.78 is 17.0. The molecule has 3 aromatic rings. The lowest BCUT2D eigenvalue weighted by Crippen LogP contribution is -2.15. The van der Waals surface area contributed by atoms with Gasteiger partial charge in [0.1, 0.15) is 17.0 Å². The summed E-state index contributed by atoms with van der Waals surface area (Å²) in [5.74, 6) is -1.75. The zero-order valence-electron chi connectivity index (χ0n) is 17.3. The zero-order valence-corrected chi connectivity index (χ0v) is 17.3. The lowest BCUT2D eigenvalue weighted by Gasteiger charge is -2.10. The molecule has 0 aliphatic rings. The van der Waals surface area contributed by atoms with Crippen molar-refractivity contribution in [2.24, 2.45) is 0 Å². The first-order valence-corrected chi connectivity index (χ1v) is 9.43. The highest BCUT2D eigenvalue weighted by Gasteiger charge is 2.28. The number of methoxy groups -OCH3 is 1. The van der Waals surface area contributed by atoms with Crippen molar-refractivity contribution >= 4 is 28.9 Å². The molecular weight excluding hydrogens is 404 g/mol. The molecule has 2 aromatic heterocycles. The highest BCUT2D eigenvalue weighted by Crippen LogP contribution is 2.33. The number of nitrogens with zero attached hydrogens (tertiary/aromatic N) is 1. The normalized spacial score (nSPS) is 10.7. The van der Waals surface area contributed by atoms with Gasteiger partial charge in [-0.3, -0.25) is 4.79 Å². The van der Waals surface area contributed by atoms with Crippen molar-refractivity contribution in [3.05, 3.63) is 58.9 Å². The van der Waals surface area contributed by atoms with Crippen LogP contribution in [0.5, 0.6) is 11.5 Å². The third-order valence-corrected chi connectivity index (χ3v) is 4.74. The van der Waals surface area contributed by atoms with Crippen LogP contribution in [0.15, 0.2) is 36.5 Å². The maximum absolute atomic E-state index is 13.3. The van der Waals surface area contributed by atoms with Gasteiger partial charge in [0.2, 0.25) is 5.78 Å². The van der Waals surface area contributed by atoms with Gasteiger partial charge in [-0.25, -0.2) is 9.59 Å². The van der Waals surface area contributed by atoms with Crippen molar-refractivity contribution < 1.29 is 33.7 Å². The Hall–Kier alpha value is -4.01. The molecule has 9 heteroatoms. The number of hydrogen-bond acceptors (Lipinski definition) is 7. The summed E-state index contributed by atoms with van der Waals surface area (Å²) in [7, 11) is 1.44. The van der Waals surface area contributed by atoms with Gasteiger partial charge in [-0.2, -0.15) is 0 Å². The second-order valence-corrected chi connectivity index (χ2v) is 6.62. The first kappa shape index (κ1) is 21.7. The predicted molar refractivity (Wildman–Crippen MR) is 112 cm³/mol. The molecule has 0 amide bonds. The number of carboxylic acid groups (broad SMARTS) is 1. The fraction of sp³-hybridized carbons (Fsp3) is 0.227. The molecule has 0 saturated heterocycles. The average Bonchev–Trinajstić information content (AvgIpc) is 3.04. The smallest absolute Gasteiger partial charge is 0.344 e. The summed E-state index contributed by atoms with van der Waals surface area (Å²) in [5, 5.41) is 9.83. The Morgan fingerprint density at radius 2 is 1.90 bits per heavy atom. The Labute approximate surface area is 177 Å². The van der Waals surface area contributed by atoms with E-state index in [1.165, 1.54) is 23.6 Å². The number of nitrogens with two attached hydrogens (primary N) is 1. The van der Waals surface area contributed by atoms with E-state index in [0.717, 1.165) is 0 Å². The minimum absolute atomic E-state index is 0.0924. The van der Waals surface area contributed by atoms with Gasteiger partial charge in [-0.15, -0.1) is 0 Å². The van der Waals surface area contributed by atoms with Gasteiger partial charge >= 0.3 is 11.9 Å². The third-order valence-electron chi connectivity index (χ3n) is 4.74. The minimum atomic E-state index is -1.23. The molecule has 1 aromatic carbocycles. The first-order valence-electron chi connectivity index (χ1n) is 9.43. The topological polar surface area (TPSA) is 130 Å². The van der Waals surface area contributed by atoms with Crippen LogP contribution in [-0.2, 0) is 9.53 Å². The molecule has 162 valence electrons. The van der Waals surface area contributed by atoms with Crippen molar-refractivity contribution in [3.63, 3.8) is 0 Å². The maximum atomic E-state index is 13.3. The largest absolute Gasteiger partial charge is 0.495 e. The number of ketones is 1. The molecule has 31 heavy (non-hydrogen) atoms. The Balaban J connectivity index is 2.16. The van der Waals surface area contributed by atoms with Gasteiger partial charge in [-0.1, -0.05) is 0 Å². The number of hydrogen-bond donors (Lipinski definition) is 2. The Morgan fingerprint density at radius 3 is 2.55 bits per heavy atom. The summed E-state index contributed by atoms with van der Waals surface area (Å²) in [6.45, 7) is 3.02. The molecule has 0 spiro atoms. The molecule has 0 unspecified atom stereocenters. The van der Waals surface area contributed by atoms with Crippen molar-refractivity contribution in [1.82, 2.24) is 4.40 Å². The van der Waals surface area contributed by atoms with Crippen LogP contribution in [0.4, 0.5) is 5.69 Å². The molecule has 0 fully saturated rings. The van der Waals surface area contributed by atoms with Crippen molar-refractivity contribution in [2.75, 3.05) is 26.1 Å². The molecule has 3 rings (SSSR count). The summed E-state index contributed by atoms with van der Waals surface area (Å²) in [6.07, 6.45) is 1.56. The molecule has 0 radical (unpaired) electrons. The number of pyridine rings is 1. The summed E-state index contributed by atoms with van der Waals surface area (Å²) in [5.41, 5.74) is 6.98. The quantitative estimate of drug-likeness (QED) is 0.319. The van der Waals surface area contributed by atoms with Crippen molar-refractivity contribution in [2.45, 2.75) is 13.8 Å². The number of anilines is 1. The second-order valence-electron chi connectivity index (χ2n) is 6.62. The zero-order chi connectivity index (χ0) is 22.7. The number of aromatic carboxylic acids is 1. The molecule has 3 N–H and O–H groups in total. The van der Waals surface area contributed by atoms with E-state index in [0.29, 0.717) is 11.4 Å². The Bertz CT molecular complexity index is 1180. The fourth-order valence-corrected chi connectivity index (χ4v) is 3.38. The second kappa shape index (κ2) is 8.78. The number of nitrogen functional groups attached to an aromatic ring is 1. The number of benzene rings is 1. The van der Waals surface area contributed by atoms with Gasteiger partial charge in [0.15, 0.2) is 6.61 Å². The Morgan fingerprint density at radius 1 is 1.16 bits per heavy atom. The van der Waals surface area contributed by atoms with E-state index in [4.69, 9.17) is 19.9 Å². The summed E-state index contributed by atoms with van der Waals surface area (Å²) >= 11 is 0. The Kier molecular flexibility index (Phi) is 6.15. The van der Waals surface area contributed by atoms with Gasteiger partial charge < -0.3 is 29.5 Å². The summed E-state index contributed by atoms with van der Waals surface area (Å²) in [6, 6.07) is 7.71. The van der Waals surface area contributed by atoms with Crippen LogP contribution in [0.1, 0.15) is 38.9 Å². The highest BCUT2D eigenvalue weighted by atomic mass is 16.6. The van der Waals surface area contributed by atoms with Crippen LogP contribution in [0.3, 0.4) is 0 Å². The molecule has 0 aliphatic carbocycles. The van der Waals surface area contributed by atoms with E-state index in [2.05, 4.69) is 0 Å². The van der Waals surface area contributed by atoms with E-state index in [1.807, 2.05) is 0 Å². The standard InChI is InChI=1S/C22H22N2O7/c1-4-30-17(25)11-31-15-6-5-9-24-19(12(2)18(20(15)24)22(27)28)21(26)13-7-8-14(23)16(10-13)29-3/h5-10H,4,11,23H2,1-3H3,(H,27,28). The first-order chi connectivity index (χ1) is 14.8. The predicted octanol–water partition coefficient (Wildman–Crippen LogP) is 2.71. The van der Waals surface area contributed by atoms with E-state index in [1.54, 1.807) is 38.2 Å². The minimum Gasteiger partial charge on any atom is -0.495 e. The SMILES string of the molecule is CCOC(=O)COc1cccn2c(C(=O)c3ccc(N)c(OC)c3)c(C)c(C(=O)O)c12. The lowest BCUT2D eigenvalue weighted by molar-refractivity contribution is -0.145. The molecule has 0 saturated carbocycles. The van der Waals surface area contributed by atoms with Crippen LogP contribution in [-0.4, -0.2) is 47.6 Å². The van der Waals surface area contributed by atoms with Crippen LogP contribution in [0, 0.1) is 6.92 Å². The molecule has 9 nitrogen and oxygen atoms in total. The number of rotatable bonds is 8. The number of esters is 1. The van der Waals surface area contributed by atoms with E-state index >= 15 is 0 Å². The molecule has 0 atom stereocenters. The van der Waals surface area contributed by atoms with Gasteiger partial charge in [0, 0.05) is 11.8 Å². The summed E-state index contributed by atoms with van der Waals surface area (Å²) in [4.78, 5) is 37.0.